The molecule has 0 bridgehead atoms. The summed E-state index contributed by atoms with van der Waals surface area (Å²) in [5, 5.41) is 0. The lowest BCUT2D eigenvalue weighted by Crippen LogP contribution is -2.51. The Morgan fingerprint density at radius 1 is 1.58 bits per heavy atom. The first kappa shape index (κ1) is 13.7. The Morgan fingerprint density at radius 2 is 2.37 bits per heavy atom. The number of aryl methyl sites for hydroxylation is 2. The molecule has 1 atom stereocenters. The first-order chi connectivity index (χ1) is 9.15. The molecule has 1 fully saturated rings. The largest absolute Gasteiger partial charge is 0.467 e. The maximum Gasteiger partial charge on any atom is 0.330 e. The Balaban J connectivity index is 2.31. The van der Waals surface area contributed by atoms with E-state index in [1.807, 2.05) is 24.8 Å². The molecule has 104 valence electrons. The molecule has 0 spiro atoms. The van der Waals surface area contributed by atoms with E-state index in [0.29, 0.717) is 25.6 Å². The second kappa shape index (κ2) is 5.97. The summed E-state index contributed by atoms with van der Waals surface area (Å²) in [6, 6.07) is 1.49. The molecule has 1 aromatic heterocycles. The molecule has 0 aliphatic carbocycles. The van der Waals surface area contributed by atoms with Crippen LogP contribution >= 0.6 is 0 Å². The molecule has 1 aliphatic rings. The molecule has 19 heavy (non-hydrogen) atoms. The van der Waals surface area contributed by atoms with Gasteiger partial charge in [-0.25, -0.2) is 14.8 Å². The van der Waals surface area contributed by atoms with Gasteiger partial charge in [0.1, 0.15) is 11.6 Å². The second-order valence-corrected chi connectivity index (χ2v) is 4.43. The minimum absolute atomic E-state index is 0.297. The van der Waals surface area contributed by atoms with Gasteiger partial charge in [0, 0.05) is 18.3 Å². The fourth-order valence-corrected chi connectivity index (χ4v) is 2.15. The summed E-state index contributed by atoms with van der Waals surface area (Å²) in [5.41, 5.74) is 0.970. The van der Waals surface area contributed by atoms with E-state index in [2.05, 4.69) is 9.97 Å². The van der Waals surface area contributed by atoms with Crippen LogP contribution in [-0.2, 0) is 20.7 Å². The topological polar surface area (TPSA) is 64.5 Å². The Morgan fingerprint density at radius 3 is 3.05 bits per heavy atom. The summed E-state index contributed by atoms with van der Waals surface area (Å²) in [6.07, 6.45) is 0.837. The van der Waals surface area contributed by atoms with Crippen molar-refractivity contribution in [1.29, 1.82) is 0 Å². The molecule has 2 rings (SSSR count). The van der Waals surface area contributed by atoms with Crippen LogP contribution < -0.4 is 4.90 Å². The van der Waals surface area contributed by atoms with E-state index >= 15 is 0 Å². The number of methoxy groups -OCH3 is 1. The predicted molar refractivity (Wildman–Crippen MR) is 70.1 cm³/mol. The quantitative estimate of drug-likeness (QED) is 0.751. The highest BCUT2D eigenvalue weighted by atomic mass is 16.5. The summed E-state index contributed by atoms with van der Waals surface area (Å²) in [6.45, 7) is 5.44. The molecule has 0 N–H and O–H groups in total. The van der Waals surface area contributed by atoms with Crippen molar-refractivity contribution >= 4 is 11.8 Å². The van der Waals surface area contributed by atoms with Crippen LogP contribution in [0.4, 0.5) is 5.82 Å². The average molecular weight is 265 g/mol. The van der Waals surface area contributed by atoms with Gasteiger partial charge in [0.25, 0.3) is 0 Å². The van der Waals surface area contributed by atoms with Crippen molar-refractivity contribution in [2.75, 3.05) is 31.8 Å². The average Bonchev–Trinajstić information content (AvgIpc) is 2.45. The van der Waals surface area contributed by atoms with Crippen molar-refractivity contribution in [3.05, 3.63) is 17.6 Å². The van der Waals surface area contributed by atoms with Crippen LogP contribution in [0.25, 0.3) is 0 Å². The van der Waals surface area contributed by atoms with Gasteiger partial charge >= 0.3 is 5.97 Å². The molecule has 1 aromatic rings. The predicted octanol–water partition coefficient (Wildman–Crippen LogP) is 0.726. The molecule has 1 saturated heterocycles. The molecule has 0 saturated carbocycles. The molecule has 0 aromatic carbocycles. The van der Waals surface area contributed by atoms with Gasteiger partial charge in [-0.1, -0.05) is 6.92 Å². The number of ether oxygens (including phenoxy) is 2. The number of aromatic nitrogens is 2. The number of carbonyl (C=O) groups excluding carboxylic acids is 1. The van der Waals surface area contributed by atoms with Crippen molar-refractivity contribution in [3.63, 3.8) is 0 Å². The Kier molecular flexibility index (Phi) is 4.31. The fraction of sp³-hybridized carbons (Fsp3) is 0.615. The van der Waals surface area contributed by atoms with E-state index in [9.17, 15) is 4.79 Å². The minimum Gasteiger partial charge on any atom is -0.467 e. The van der Waals surface area contributed by atoms with Gasteiger partial charge in [0.15, 0.2) is 6.04 Å². The Labute approximate surface area is 112 Å². The molecule has 0 amide bonds. The number of morpholine rings is 1. The SMILES string of the molecule is CCc1cc(N2CCOCC2C(=O)OC)nc(C)n1. The highest BCUT2D eigenvalue weighted by Gasteiger charge is 2.31. The normalized spacial score (nSPS) is 19.3. The van der Waals surface area contributed by atoms with Crippen molar-refractivity contribution in [2.45, 2.75) is 26.3 Å². The number of carbonyl (C=O) groups is 1. The highest BCUT2D eigenvalue weighted by Crippen LogP contribution is 2.19. The van der Waals surface area contributed by atoms with Crippen LogP contribution in [0.15, 0.2) is 6.07 Å². The van der Waals surface area contributed by atoms with Crippen LogP contribution in [0, 0.1) is 6.92 Å². The number of hydrogen-bond donors (Lipinski definition) is 0. The third-order valence-corrected chi connectivity index (χ3v) is 3.14. The highest BCUT2D eigenvalue weighted by molar-refractivity contribution is 5.80. The summed E-state index contributed by atoms with van der Waals surface area (Å²) >= 11 is 0. The zero-order valence-electron chi connectivity index (χ0n) is 11.5. The van der Waals surface area contributed by atoms with Crippen LogP contribution in [0.5, 0.6) is 0 Å². The van der Waals surface area contributed by atoms with E-state index in [0.717, 1.165) is 17.9 Å². The van der Waals surface area contributed by atoms with Gasteiger partial charge in [-0.2, -0.15) is 0 Å². The van der Waals surface area contributed by atoms with Gasteiger partial charge in [0.05, 0.1) is 20.3 Å². The zero-order chi connectivity index (χ0) is 13.8. The summed E-state index contributed by atoms with van der Waals surface area (Å²) in [5.74, 6) is 1.18. The van der Waals surface area contributed by atoms with Gasteiger partial charge in [-0.05, 0) is 13.3 Å². The first-order valence-corrected chi connectivity index (χ1v) is 6.42. The molecular formula is C13H19N3O3. The lowest BCUT2D eigenvalue weighted by atomic mass is 10.2. The molecule has 6 heteroatoms. The van der Waals surface area contributed by atoms with Gasteiger partial charge in [-0.3, -0.25) is 0 Å². The maximum atomic E-state index is 11.8. The summed E-state index contributed by atoms with van der Waals surface area (Å²) < 4.78 is 10.2. The molecule has 6 nitrogen and oxygen atoms in total. The number of hydrogen-bond acceptors (Lipinski definition) is 6. The summed E-state index contributed by atoms with van der Waals surface area (Å²) in [7, 11) is 1.39. The van der Waals surface area contributed by atoms with Crippen molar-refractivity contribution < 1.29 is 14.3 Å². The van der Waals surface area contributed by atoms with Gasteiger partial charge in [-0.15, -0.1) is 0 Å². The van der Waals surface area contributed by atoms with Crippen LogP contribution in [0.3, 0.4) is 0 Å². The van der Waals surface area contributed by atoms with Crippen LogP contribution in [-0.4, -0.2) is 48.8 Å². The third kappa shape index (κ3) is 3.01. The first-order valence-electron chi connectivity index (χ1n) is 6.42. The van der Waals surface area contributed by atoms with Crippen molar-refractivity contribution in [2.24, 2.45) is 0 Å². The third-order valence-electron chi connectivity index (χ3n) is 3.14. The lowest BCUT2D eigenvalue weighted by molar-refractivity contribution is -0.144. The molecule has 2 heterocycles. The minimum atomic E-state index is -0.433. The second-order valence-electron chi connectivity index (χ2n) is 4.43. The zero-order valence-corrected chi connectivity index (χ0v) is 11.5. The molecule has 1 aliphatic heterocycles. The fourth-order valence-electron chi connectivity index (χ4n) is 2.15. The van der Waals surface area contributed by atoms with E-state index in [4.69, 9.17) is 9.47 Å². The summed E-state index contributed by atoms with van der Waals surface area (Å²) in [4.78, 5) is 22.5. The van der Waals surface area contributed by atoms with Crippen molar-refractivity contribution in [1.82, 2.24) is 9.97 Å². The number of esters is 1. The molecular weight excluding hydrogens is 246 g/mol. The van der Waals surface area contributed by atoms with E-state index in [1.165, 1.54) is 7.11 Å². The van der Waals surface area contributed by atoms with Gasteiger partial charge < -0.3 is 14.4 Å². The maximum absolute atomic E-state index is 11.8. The Bertz CT molecular complexity index is 464. The van der Waals surface area contributed by atoms with Gasteiger partial charge in [0.2, 0.25) is 0 Å². The van der Waals surface area contributed by atoms with Crippen LogP contribution in [0.1, 0.15) is 18.4 Å². The Hall–Kier alpha value is -1.69. The number of nitrogens with zero attached hydrogens (tertiary/aromatic N) is 3. The lowest BCUT2D eigenvalue weighted by Gasteiger charge is -2.34. The smallest absolute Gasteiger partial charge is 0.330 e. The number of anilines is 1. The molecule has 0 radical (unpaired) electrons. The van der Waals surface area contributed by atoms with Crippen LogP contribution in [0.2, 0.25) is 0 Å². The number of rotatable bonds is 3. The van der Waals surface area contributed by atoms with E-state index < -0.39 is 6.04 Å². The van der Waals surface area contributed by atoms with E-state index in [-0.39, 0.29) is 5.97 Å². The van der Waals surface area contributed by atoms with E-state index in [1.54, 1.807) is 0 Å². The van der Waals surface area contributed by atoms with Crippen molar-refractivity contribution in [3.8, 4) is 0 Å². The monoisotopic (exact) mass is 265 g/mol. The molecule has 1 unspecified atom stereocenters. The standard InChI is InChI=1S/C13H19N3O3/c1-4-10-7-12(15-9(2)14-10)16-5-6-19-8-11(16)13(17)18-3/h7,11H,4-6,8H2,1-3H3.